The van der Waals surface area contributed by atoms with Crippen LogP contribution >= 0.6 is 0 Å². The molecule has 24 heavy (non-hydrogen) atoms. The molecule has 6 nitrogen and oxygen atoms in total. The van der Waals surface area contributed by atoms with Gasteiger partial charge in [-0.15, -0.1) is 0 Å². The number of carbonyl (C=O) groups is 1. The molecule has 0 atom stereocenters. The first-order valence-corrected chi connectivity index (χ1v) is 9.88. The van der Waals surface area contributed by atoms with E-state index in [1.165, 1.54) is 5.56 Å². The molecule has 0 saturated heterocycles. The van der Waals surface area contributed by atoms with E-state index in [-0.39, 0.29) is 17.4 Å². The molecule has 0 N–H and O–H groups in total. The van der Waals surface area contributed by atoms with Crippen molar-refractivity contribution in [2.45, 2.75) is 25.1 Å². The monoisotopic (exact) mass is 345 g/mol. The Morgan fingerprint density at radius 3 is 2.71 bits per heavy atom. The Bertz CT molecular complexity index is 931. The number of hydrogen-bond donors (Lipinski definition) is 0. The van der Waals surface area contributed by atoms with Crippen LogP contribution in [0, 0.1) is 0 Å². The van der Waals surface area contributed by atoms with Crippen LogP contribution in [0.4, 0.5) is 0 Å². The van der Waals surface area contributed by atoms with Gasteiger partial charge in [-0.05, 0) is 17.5 Å². The molecule has 3 heterocycles. The Morgan fingerprint density at radius 2 is 1.92 bits per heavy atom. The highest BCUT2D eigenvalue weighted by atomic mass is 32.2. The fourth-order valence-electron chi connectivity index (χ4n) is 3.60. The molecule has 2 aliphatic rings. The van der Waals surface area contributed by atoms with E-state index in [1.54, 1.807) is 16.6 Å². The van der Waals surface area contributed by atoms with Crippen LogP contribution in [0.2, 0.25) is 0 Å². The summed E-state index contributed by atoms with van der Waals surface area (Å²) < 4.78 is 25.6. The largest absolute Gasteiger partial charge is 0.333 e. The van der Waals surface area contributed by atoms with Gasteiger partial charge >= 0.3 is 0 Å². The molecule has 1 aromatic heterocycles. The number of hydrogen-bond acceptors (Lipinski definition) is 4. The topological polar surface area (TPSA) is 72.3 Å². The first-order chi connectivity index (χ1) is 11.4. The predicted molar refractivity (Wildman–Crippen MR) is 89.3 cm³/mol. The molecule has 0 bridgehead atoms. The van der Waals surface area contributed by atoms with Crippen molar-refractivity contribution in [2.75, 3.05) is 12.3 Å². The number of carbonyl (C=O) groups excluding carboxylic acids is 1. The van der Waals surface area contributed by atoms with Crippen LogP contribution in [0.25, 0.3) is 0 Å². The molecule has 0 spiro atoms. The molecule has 7 heteroatoms. The molecule has 2 aromatic rings. The summed E-state index contributed by atoms with van der Waals surface area (Å²) in [5.41, 5.74) is 4.18. The number of nitrogens with zero attached hydrogens (tertiary/aromatic N) is 3. The molecule has 0 unspecified atom stereocenters. The van der Waals surface area contributed by atoms with E-state index < -0.39 is 9.84 Å². The summed E-state index contributed by atoms with van der Waals surface area (Å²) in [6, 6.07) is 8.11. The molecule has 0 fully saturated rings. The van der Waals surface area contributed by atoms with Crippen molar-refractivity contribution in [1.29, 1.82) is 0 Å². The number of aryl methyl sites for hydroxylation is 1. The van der Waals surface area contributed by atoms with Crippen molar-refractivity contribution >= 4 is 15.7 Å². The van der Waals surface area contributed by atoms with E-state index in [0.717, 1.165) is 17.7 Å². The van der Waals surface area contributed by atoms with Gasteiger partial charge in [0, 0.05) is 37.8 Å². The minimum absolute atomic E-state index is 0.0817. The summed E-state index contributed by atoms with van der Waals surface area (Å²) in [6.45, 7) is 1.18. The minimum Gasteiger partial charge on any atom is -0.333 e. The maximum absolute atomic E-state index is 13.0. The van der Waals surface area contributed by atoms with E-state index in [9.17, 15) is 13.2 Å². The Kier molecular flexibility index (Phi) is 3.49. The van der Waals surface area contributed by atoms with Gasteiger partial charge in [-0.25, -0.2) is 8.42 Å². The number of fused-ring (bicyclic) bond motifs is 2. The lowest BCUT2D eigenvalue weighted by molar-refractivity contribution is 0.0727. The number of rotatable bonds is 1. The Hall–Kier alpha value is -2.15. The molecule has 4 rings (SSSR count). The van der Waals surface area contributed by atoms with Gasteiger partial charge in [0.1, 0.15) is 0 Å². The Morgan fingerprint density at radius 1 is 1.17 bits per heavy atom. The van der Waals surface area contributed by atoms with Crippen molar-refractivity contribution in [2.24, 2.45) is 7.05 Å². The highest BCUT2D eigenvalue weighted by molar-refractivity contribution is 7.90. The molecule has 1 aromatic carbocycles. The van der Waals surface area contributed by atoms with Gasteiger partial charge in [0.15, 0.2) is 15.5 Å². The van der Waals surface area contributed by atoms with Gasteiger partial charge in [-0.2, -0.15) is 5.10 Å². The first-order valence-electron chi connectivity index (χ1n) is 8.06. The number of benzene rings is 1. The summed E-state index contributed by atoms with van der Waals surface area (Å²) in [7, 11) is -1.37. The second-order valence-corrected chi connectivity index (χ2v) is 8.67. The third-order valence-electron chi connectivity index (χ3n) is 4.91. The highest BCUT2D eigenvalue weighted by Crippen LogP contribution is 2.26. The lowest BCUT2D eigenvalue weighted by atomic mass is 9.99. The second kappa shape index (κ2) is 5.44. The summed E-state index contributed by atoms with van der Waals surface area (Å²) in [4.78, 5) is 14.7. The summed E-state index contributed by atoms with van der Waals surface area (Å²) in [5, 5.41) is 4.35. The van der Waals surface area contributed by atoms with E-state index in [2.05, 4.69) is 11.2 Å². The minimum atomic E-state index is -3.14. The van der Waals surface area contributed by atoms with Crippen molar-refractivity contribution in [3.63, 3.8) is 0 Å². The summed E-state index contributed by atoms with van der Waals surface area (Å²) in [5.74, 6) is -0.121. The summed E-state index contributed by atoms with van der Waals surface area (Å²) in [6.07, 6.45) is 1.24. The fraction of sp³-hybridized carbons (Fsp3) is 0.412. The third-order valence-corrected chi connectivity index (χ3v) is 6.46. The van der Waals surface area contributed by atoms with Gasteiger partial charge in [0.2, 0.25) is 0 Å². The zero-order chi connectivity index (χ0) is 16.9. The quantitative estimate of drug-likeness (QED) is 0.776. The smallest absolute Gasteiger partial charge is 0.274 e. The lowest BCUT2D eigenvalue weighted by Gasteiger charge is -2.28. The first kappa shape index (κ1) is 15.4. The molecule has 0 saturated carbocycles. The lowest BCUT2D eigenvalue weighted by Crippen LogP contribution is -2.37. The van der Waals surface area contributed by atoms with Crippen LogP contribution in [0.3, 0.4) is 0 Å². The standard InChI is InChI=1S/C17H19N3O3S/c1-19-15-7-9-24(22,23)11-14(15)16(18-19)17(21)20-8-6-12-4-2-3-5-13(12)10-20/h2-5H,6-11H2,1H3. The van der Waals surface area contributed by atoms with Crippen molar-refractivity contribution in [1.82, 2.24) is 14.7 Å². The average molecular weight is 345 g/mol. The van der Waals surface area contributed by atoms with E-state index >= 15 is 0 Å². The Balaban J connectivity index is 1.67. The zero-order valence-electron chi connectivity index (χ0n) is 13.5. The van der Waals surface area contributed by atoms with E-state index in [0.29, 0.717) is 30.8 Å². The van der Waals surface area contributed by atoms with Crippen LogP contribution in [0.15, 0.2) is 24.3 Å². The van der Waals surface area contributed by atoms with Crippen LogP contribution in [-0.2, 0) is 42.0 Å². The van der Waals surface area contributed by atoms with Gasteiger partial charge in [0.25, 0.3) is 5.91 Å². The normalized spacial score (nSPS) is 18.8. The fourth-order valence-corrected chi connectivity index (χ4v) is 4.99. The SMILES string of the molecule is Cn1nc(C(=O)N2CCc3ccccc3C2)c2c1CCS(=O)(=O)C2. The summed E-state index contributed by atoms with van der Waals surface area (Å²) >= 11 is 0. The van der Waals surface area contributed by atoms with Crippen LogP contribution in [0.5, 0.6) is 0 Å². The van der Waals surface area contributed by atoms with Crippen LogP contribution in [0.1, 0.15) is 32.9 Å². The van der Waals surface area contributed by atoms with Gasteiger partial charge in [-0.3, -0.25) is 9.48 Å². The highest BCUT2D eigenvalue weighted by Gasteiger charge is 2.33. The second-order valence-electron chi connectivity index (χ2n) is 6.48. The number of aromatic nitrogens is 2. The van der Waals surface area contributed by atoms with Gasteiger partial charge in [0.05, 0.1) is 11.5 Å². The Labute approximate surface area is 141 Å². The average Bonchev–Trinajstić information content (AvgIpc) is 2.88. The molecule has 1 amide bonds. The number of sulfone groups is 1. The molecular formula is C17H19N3O3S. The molecule has 2 aliphatic heterocycles. The van der Waals surface area contributed by atoms with Crippen LogP contribution < -0.4 is 0 Å². The number of amides is 1. The van der Waals surface area contributed by atoms with Gasteiger partial charge in [-0.1, -0.05) is 24.3 Å². The van der Waals surface area contributed by atoms with Crippen molar-refractivity contribution in [3.8, 4) is 0 Å². The molecule has 126 valence electrons. The molecule has 0 aliphatic carbocycles. The van der Waals surface area contributed by atoms with E-state index in [1.807, 2.05) is 18.2 Å². The van der Waals surface area contributed by atoms with Gasteiger partial charge < -0.3 is 4.90 Å². The maximum Gasteiger partial charge on any atom is 0.274 e. The third kappa shape index (κ3) is 2.53. The molecule has 0 radical (unpaired) electrons. The van der Waals surface area contributed by atoms with Crippen molar-refractivity contribution in [3.05, 3.63) is 52.3 Å². The predicted octanol–water partition coefficient (Wildman–Crippen LogP) is 1.09. The van der Waals surface area contributed by atoms with Crippen LogP contribution in [-0.4, -0.2) is 41.3 Å². The zero-order valence-corrected chi connectivity index (χ0v) is 14.3. The van der Waals surface area contributed by atoms with E-state index in [4.69, 9.17) is 0 Å². The van der Waals surface area contributed by atoms with Crippen molar-refractivity contribution < 1.29 is 13.2 Å². The maximum atomic E-state index is 13.0. The molecular weight excluding hydrogens is 326 g/mol.